The number of carbonyl (C=O) groups excluding carboxylic acids is 3. The Morgan fingerprint density at radius 2 is 1.86 bits per heavy atom. The van der Waals surface area contributed by atoms with Crippen molar-refractivity contribution in [1.29, 1.82) is 5.26 Å². The van der Waals surface area contributed by atoms with Crippen molar-refractivity contribution in [2.24, 2.45) is 0 Å². The fourth-order valence-electron chi connectivity index (χ4n) is 3.06. The number of carbonyl (C=O) groups is 3. The Morgan fingerprint density at radius 3 is 2.55 bits per heavy atom. The maximum absolute atomic E-state index is 12.4. The van der Waals surface area contributed by atoms with Crippen molar-refractivity contribution in [2.75, 3.05) is 16.8 Å². The van der Waals surface area contributed by atoms with Crippen LogP contribution in [0.15, 0.2) is 48.5 Å². The first kappa shape index (κ1) is 20.1. The molecule has 0 aliphatic carbocycles. The minimum atomic E-state index is -1.04. The van der Waals surface area contributed by atoms with E-state index in [2.05, 4.69) is 5.32 Å². The van der Waals surface area contributed by atoms with Crippen LogP contribution in [0.3, 0.4) is 0 Å². The Kier molecular flexibility index (Phi) is 6.25. The van der Waals surface area contributed by atoms with Crippen LogP contribution in [-0.4, -0.2) is 30.4 Å². The van der Waals surface area contributed by atoms with Gasteiger partial charge in [-0.25, -0.2) is 4.79 Å². The van der Waals surface area contributed by atoms with E-state index in [4.69, 9.17) is 10.00 Å². The minimum Gasteiger partial charge on any atom is -0.449 e. The Labute approximate surface area is 168 Å². The number of para-hydroxylation sites is 1. The lowest BCUT2D eigenvalue weighted by Gasteiger charge is -2.26. The number of amides is 2. The van der Waals surface area contributed by atoms with Crippen molar-refractivity contribution in [2.45, 2.75) is 32.3 Å². The molecule has 0 bridgehead atoms. The molecule has 2 aromatic rings. The summed E-state index contributed by atoms with van der Waals surface area (Å²) >= 11 is 0. The summed E-state index contributed by atoms with van der Waals surface area (Å²) in [7, 11) is 0. The summed E-state index contributed by atoms with van der Waals surface area (Å²) in [5.74, 6) is -1.09. The number of rotatable bonds is 5. The number of hydrogen-bond donors (Lipinski definition) is 1. The first-order chi connectivity index (χ1) is 14.0. The van der Waals surface area contributed by atoms with Gasteiger partial charge in [-0.15, -0.1) is 0 Å². The third kappa shape index (κ3) is 4.79. The molecule has 2 amide bonds. The monoisotopic (exact) mass is 391 g/mol. The van der Waals surface area contributed by atoms with Crippen molar-refractivity contribution < 1.29 is 19.1 Å². The molecule has 0 radical (unpaired) electrons. The number of esters is 1. The molecule has 0 saturated carbocycles. The summed E-state index contributed by atoms with van der Waals surface area (Å²) < 4.78 is 5.24. The van der Waals surface area contributed by atoms with Gasteiger partial charge in [0, 0.05) is 18.7 Å². The molecular weight excluding hydrogens is 370 g/mol. The van der Waals surface area contributed by atoms with Gasteiger partial charge in [-0.1, -0.05) is 12.1 Å². The van der Waals surface area contributed by atoms with Gasteiger partial charge in [0.2, 0.25) is 5.91 Å². The second-order valence-corrected chi connectivity index (χ2v) is 6.74. The van der Waals surface area contributed by atoms with Gasteiger partial charge >= 0.3 is 5.97 Å². The molecule has 1 saturated heterocycles. The quantitative estimate of drug-likeness (QED) is 0.789. The number of benzene rings is 2. The second-order valence-electron chi connectivity index (χ2n) is 6.74. The van der Waals surface area contributed by atoms with Crippen molar-refractivity contribution in [3.63, 3.8) is 0 Å². The lowest BCUT2D eigenvalue weighted by Crippen LogP contribution is -2.35. The van der Waals surface area contributed by atoms with Gasteiger partial charge in [0.05, 0.1) is 16.8 Å². The van der Waals surface area contributed by atoms with Crippen LogP contribution < -0.4 is 10.2 Å². The second kappa shape index (κ2) is 9.02. The molecule has 1 heterocycles. The van der Waals surface area contributed by atoms with Crippen LogP contribution in [0.5, 0.6) is 0 Å². The van der Waals surface area contributed by atoms with Gasteiger partial charge in [0.1, 0.15) is 6.07 Å². The van der Waals surface area contributed by atoms with Gasteiger partial charge < -0.3 is 15.0 Å². The third-order valence-electron chi connectivity index (χ3n) is 4.70. The number of anilines is 2. The summed E-state index contributed by atoms with van der Waals surface area (Å²) in [6, 6.07) is 15.1. The predicted octanol–water partition coefficient (Wildman–Crippen LogP) is 3.26. The Hall–Kier alpha value is -3.66. The highest BCUT2D eigenvalue weighted by Crippen LogP contribution is 2.22. The third-order valence-corrected chi connectivity index (χ3v) is 4.70. The van der Waals surface area contributed by atoms with Crippen LogP contribution in [0.2, 0.25) is 0 Å². The highest BCUT2D eigenvalue weighted by Gasteiger charge is 2.22. The van der Waals surface area contributed by atoms with Crippen LogP contribution in [-0.2, 0) is 14.3 Å². The predicted molar refractivity (Wildman–Crippen MR) is 107 cm³/mol. The lowest BCUT2D eigenvalue weighted by molar-refractivity contribution is -0.123. The molecule has 7 nitrogen and oxygen atoms in total. The van der Waals surface area contributed by atoms with Crippen molar-refractivity contribution in [3.8, 4) is 6.07 Å². The number of hydrogen-bond acceptors (Lipinski definition) is 5. The van der Waals surface area contributed by atoms with Gasteiger partial charge in [0.25, 0.3) is 5.91 Å². The fraction of sp³-hybridized carbons (Fsp3) is 0.273. The zero-order chi connectivity index (χ0) is 20.8. The van der Waals surface area contributed by atoms with Crippen LogP contribution >= 0.6 is 0 Å². The smallest absolute Gasteiger partial charge is 0.338 e. The molecule has 2 aromatic carbocycles. The highest BCUT2D eigenvalue weighted by atomic mass is 16.5. The van der Waals surface area contributed by atoms with Gasteiger partial charge in [-0.05, 0) is 56.2 Å². The first-order valence-corrected chi connectivity index (χ1v) is 9.41. The summed E-state index contributed by atoms with van der Waals surface area (Å²) in [6.45, 7) is 2.13. The largest absolute Gasteiger partial charge is 0.449 e. The normalized spacial score (nSPS) is 14.6. The van der Waals surface area contributed by atoms with E-state index in [0.717, 1.165) is 18.5 Å². The molecule has 1 aliphatic heterocycles. The zero-order valence-electron chi connectivity index (χ0n) is 16.1. The Morgan fingerprint density at radius 1 is 1.14 bits per heavy atom. The highest BCUT2D eigenvalue weighted by molar-refractivity contribution is 5.98. The van der Waals surface area contributed by atoms with E-state index in [1.165, 1.54) is 6.92 Å². The van der Waals surface area contributed by atoms with Gasteiger partial charge in [-0.3, -0.25) is 9.59 Å². The standard InChI is InChI=1S/C22H21N3O4/c1-15(21(27)24-19-7-3-2-6-17(19)14-23)29-22(28)16-9-11-18(12-10-16)25-13-5-4-8-20(25)26/h2-3,6-7,9-12,15H,4-5,8,13H2,1H3,(H,24,27)/t15-/m1/s1. The van der Waals surface area contributed by atoms with E-state index >= 15 is 0 Å². The summed E-state index contributed by atoms with van der Waals surface area (Å²) in [6.07, 6.45) is 1.35. The van der Waals surface area contributed by atoms with E-state index in [-0.39, 0.29) is 11.5 Å². The van der Waals surface area contributed by atoms with E-state index in [9.17, 15) is 14.4 Å². The molecular formula is C22H21N3O4. The number of piperidine rings is 1. The molecule has 1 atom stereocenters. The van der Waals surface area contributed by atoms with Crippen molar-refractivity contribution in [1.82, 2.24) is 0 Å². The molecule has 3 rings (SSSR count). The zero-order valence-corrected chi connectivity index (χ0v) is 16.1. The van der Waals surface area contributed by atoms with E-state index in [1.807, 2.05) is 6.07 Å². The van der Waals surface area contributed by atoms with Crippen LogP contribution in [0, 0.1) is 11.3 Å². The van der Waals surface area contributed by atoms with Crippen LogP contribution in [0.1, 0.15) is 42.1 Å². The first-order valence-electron chi connectivity index (χ1n) is 9.41. The number of nitrogens with one attached hydrogen (secondary N) is 1. The maximum Gasteiger partial charge on any atom is 0.338 e. The summed E-state index contributed by atoms with van der Waals surface area (Å²) in [5.41, 5.74) is 1.71. The van der Waals surface area contributed by atoms with Gasteiger partial charge in [-0.2, -0.15) is 5.26 Å². The van der Waals surface area contributed by atoms with Crippen molar-refractivity contribution in [3.05, 3.63) is 59.7 Å². The fourth-order valence-corrected chi connectivity index (χ4v) is 3.06. The topological polar surface area (TPSA) is 99.5 Å². The van der Waals surface area contributed by atoms with E-state index in [0.29, 0.717) is 24.2 Å². The average molecular weight is 391 g/mol. The Balaban J connectivity index is 1.61. The molecule has 1 fully saturated rings. The molecule has 0 aromatic heterocycles. The molecule has 7 heteroatoms. The van der Waals surface area contributed by atoms with E-state index in [1.54, 1.807) is 53.4 Å². The molecule has 1 aliphatic rings. The molecule has 0 unspecified atom stereocenters. The SMILES string of the molecule is C[C@@H](OC(=O)c1ccc(N2CCCCC2=O)cc1)C(=O)Nc1ccccc1C#N. The summed E-state index contributed by atoms with van der Waals surface area (Å²) in [4.78, 5) is 38.4. The van der Waals surface area contributed by atoms with E-state index < -0.39 is 18.0 Å². The van der Waals surface area contributed by atoms with Crippen LogP contribution in [0.25, 0.3) is 0 Å². The molecule has 0 spiro atoms. The Bertz CT molecular complexity index is 963. The molecule has 1 N–H and O–H groups in total. The number of ether oxygens (including phenoxy) is 1. The number of nitriles is 1. The maximum atomic E-state index is 12.4. The number of nitrogens with zero attached hydrogens (tertiary/aromatic N) is 2. The average Bonchev–Trinajstić information content (AvgIpc) is 2.74. The lowest BCUT2D eigenvalue weighted by atomic mass is 10.1. The van der Waals surface area contributed by atoms with Crippen molar-refractivity contribution >= 4 is 29.2 Å². The molecule has 148 valence electrons. The minimum absolute atomic E-state index is 0.0783. The van der Waals surface area contributed by atoms with Crippen LogP contribution in [0.4, 0.5) is 11.4 Å². The van der Waals surface area contributed by atoms with Gasteiger partial charge in [0.15, 0.2) is 6.10 Å². The summed E-state index contributed by atoms with van der Waals surface area (Å²) in [5, 5.41) is 11.7. The molecule has 29 heavy (non-hydrogen) atoms.